The van der Waals surface area contributed by atoms with Gasteiger partial charge in [0.25, 0.3) is 0 Å². The molecule has 1 aromatic heterocycles. The van der Waals surface area contributed by atoms with E-state index in [-0.39, 0.29) is 17.7 Å². The van der Waals surface area contributed by atoms with E-state index in [1.165, 1.54) is 4.31 Å². The van der Waals surface area contributed by atoms with Gasteiger partial charge in [-0.15, -0.1) is 0 Å². The number of fused-ring (bicyclic) bond motifs is 1. The molecule has 1 atom stereocenters. The van der Waals surface area contributed by atoms with Crippen molar-refractivity contribution >= 4 is 21.7 Å². The molecule has 0 aromatic carbocycles. The number of carbonyl (C=O) groups is 1. The third kappa shape index (κ3) is 2.74. The van der Waals surface area contributed by atoms with Gasteiger partial charge in [0.15, 0.2) is 0 Å². The van der Waals surface area contributed by atoms with Gasteiger partial charge >= 0.3 is 0 Å². The minimum absolute atomic E-state index is 0.0333. The van der Waals surface area contributed by atoms with Crippen LogP contribution in [0.15, 0.2) is 0 Å². The summed E-state index contributed by atoms with van der Waals surface area (Å²) in [5, 5.41) is 0. The SMILES string of the molecule is CCS(=O)(=O)N1CCCC1c1nc(C)c2c(n1)N(C)C(=O)CC2. The predicted molar refractivity (Wildman–Crippen MR) is 86.6 cm³/mol. The Hall–Kier alpha value is -1.54. The summed E-state index contributed by atoms with van der Waals surface area (Å²) in [5.74, 6) is 1.25. The second-order valence-electron chi connectivity index (χ2n) is 6.09. The average Bonchev–Trinajstić information content (AvgIpc) is 3.01. The van der Waals surface area contributed by atoms with Crippen LogP contribution in [0, 0.1) is 6.92 Å². The summed E-state index contributed by atoms with van der Waals surface area (Å²) in [6.45, 7) is 4.06. The van der Waals surface area contributed by atoms with Crippen molar-refractivity contribution in [3.8, 4) is 0 Å². The van der Waals surface area contributed by atoms with Crippen molar-refractivity contribution in [3.63, 3.8) is 0 Å². The van der Waals surface area contributed by atoms with Crippen LogP contribution in [0.25, 0.3) is 0 Å². The number of rotatable bonds is 3. The summed E-state index contributed by atoms with van der Waals surface area (Å²) in [6, 6.07) is -0.325. The summed E-state index contributed by atoms with van der Waals surface area (Å²) in [7, 11) is -1.57. The Balaban J connectivity index is 2.04. The predicted octanol–water partition coefficient (Wildman–Crippen LogP) is 1.18. The van der Waals surface area contributed by atoms with Crippen molar-refractivity contribution in [3.05, 3.63) is 17.1 Å². The highest BCUT2D eigenvalue weighted by atomic mass is 32.2. The maximum absolute atomic E-state index is 12.3. The van der Waals surface area contributed by atoms with Crippen LogP contribution < -0.4 is 4.90 Å². The van der Waals surface area contributed by atoms with E-state index < -0.39 is 10.0 Å². The van der Waals surface area contributed by atoms with E-state index in [2.05, 4.69) is 9.97 Å². The molecule has 1 fully saturated rings. The molecule has 1 amide bonds. The van der Waals surface area contributed by atoms with Crippen LogP contribution in [-0.4, -0.2) is 47.9 Å². The number of hydrogen-bond donors (Lipinski definition) is 0. The third-order valence-corrected chi connectivity index (χ3v) is 6.60. The first-order chi connectivity index (χ1) is 10.8. The van der Waals surface area contributed by atoms with Crippen molar-refractivity contribution in [1.29, 1.82) is 0 Å². The zero-order valence-corrected chi connectivity index (χ0v) is 14.6. The van der Waals surface area contributed by atoms with Gasteiger partial charge in [-0.25, -0.2) is 18.4 Å². The lowest BCUT2D eigenvalue weighted by Gasteiger charge is -2.28. The molecule has 1 saturated heterocycles. The standard InChI is InChI=1S/C15H22N4O3S/c1-4-23(21,22)19-9-5-6-12(19)14-16-10(2)11-7-8-13(20)18(3)15(11)17-14/h12H,4-9H2,1-3H3. The lowest BCUT2D eigenvalue weighted by atomic mass is 10.0. The highest BCUT2D eigenvalue weighted by Crippen LogP contribution is 2.35. The number of amides is 1. The largest absolute Gasteiger partial charge is 0.300 e. The Bertz CT molecular complexity index is 747. The van der Waals surface area contributed by atoms with E-state index in [0.29, 0.717) is 31.0 Å². The molecule has 0 aliphatic carbocycles. The quantitative estimate of drug-likeness (QED) is 0.826. The lowest BCUT2D eigenvalue weighted by Crippen LogP contribution is -2.35. The monoisotopic (exact) mass is 338 g/mol. The molecule has 0 bridgehead atoms. The van der Waals surface area contributed by atoms with Crippen molar-refractivity contribution in [2.75, 3.05) is 24.2 Å². The first kappa shape index (κ1) is 16.3. The van der Waals surface area contributed by atoms with Crippen molar-refractivity contribution < 1.29 is 13.2 Å². The normalized spacial score (nSPS) is 22.5. The molecule has 0 spiro atoms. The fourth-order valence-corrected chi connectivity index (χ4v) is 4.66. The zero-order chi connectivity index (χ0) is 16.8. The van der Waals surface area contributed by atoms with E-state index in [0.717, 1.165) is 24.1 Å². The van der Waals surface area contributed by atoms with Crippen LogP contribution in [0.2, 0.25) is 0 Å². The molecule has 2 aliphatic heterocycles. The van der Waals surface area contributed by atoms with Gasteiger partial charge in [-0.1, -0.05) is 0 Å². The van der Waals surface area contributed by atoms with E-state index >= 15 is 0 Å². The molecule has 23 heavy (non-hydrogen) atoms. The first-order valence-corrected chi connectivity index (χ1v) is 9.59. The van der Waals surface area contributed by atoms with Crippen LogP contribution in [0.1, 0.15) is 49.3 Å². The van der Waals surface area contributed by atoms with Gasteiger partial charge in [0, 0.05) is 31.3 Å². The molecule has 2 aliphatic rings. The Kier molecular flexibility index (Phi) is 4.14. The molecule has 126 valence electrons. The minimum atomic E-state index is -3.28. The molecule has 1 unspecified atom stereocenters. The first-order valence-electron chi connectivity index (χ1n) is 7.98. The number of aromatic nitrogens is 2. The number of hydrogen-bond acceptors (Lipinski definition) is 5. The van der Waals surface area contributed by atoms with Gasteiger partial charge in [0.05, 0.1) is 11.8 Å². The van der Waals surface area contributed by atoms with Gasteiger partial charge < -0.3 is 0 Å². The van der Waals surface area contributed by atoms with Crippen LogP contribution in [0.3, 0.4) is 0 Å². The number of aryl methyl sites for hydroxylation is 1. The Labute approximate surface area is 136 Å². The molecule has 0 saturated carbocycles. The highest BCUT2D eigenvalue weighted by molar-refractivity contribution is 7.89. The summed E-state index contributed by atoms with van der Waals surface area (Å²) in [4.78, 5) is 22.6. The van der Waals surface area contributed by atoms with E-state index in [1.807, 2.05) is 6.92 Å². The van der Waals surface area contributed by atoms with Crippen LogP contribution >= 0.6 is 0 Å². The topological polar surface area (TPSA) is 83.5 Å². The molecule has 7 nitrogen and oxygen atoms in total. The van der Waals surface area contributed by atoms with Gasteiger partial charge in [-0.05, 0) is 33.1 Å². The maximum Gasteiger partial charge on any atom is 0.228 e. The van der Waals surface area contributed by atoms with E-state index in [9.17, 15) is 13.2 Å². The van der Waals surface area contributed by atoms with Crippen molar-refractivity contribution in [2.45, 2.75) is 45.6 Å². The summed E-state index contributed by atoms with van der Waals surface area (Å²) >= 11 is 0. The van der Waals surface area contributed by atoms with Gasteiger partial charge in [-0.2, -0.15) is 4.31 Å². The number of sulfonamides is 1. The van der Waals surface area contributed by atoms with Crippen molar-refractivity contribution in [1.82, 2.24) is 14.3 Å². The van der Waals surface area contributed by atoms with Crippen molar-refractivity contribution in [2.24, 2.45) is 0 Å². The van der Waals surface area contributed by atoms with Gasteiger partial charge in [-0.3, -0.25) is 9.69 Å². The number of anilines is 1. The molecular formula is C15H22N4O3S. The Morgan fingerprint density at radius 2 is 2.00 bits per heavy atom. The van der Waals surface area contributed by atoms with Gasteiger partial charge in [0.2, 0.25) is 15.9 Å². The molecule has 0 N–H and O–H groups in total. The zero-order valence-electron chi connectivity index (χ0n) is 13.7. The smallest absolute Gasteiger partial charge is 0.228 e. The van der Waals surface area contributed by atoms with Crippen LogP contribution in [0.5, 0.6) is 0 Å². The Morgan fingerprint density at radius 1 is 1.26 bits per heavy atom. The third-order valence-electron chi connectivity index (χ3n) is 4.71. The molecule has 3 heterocycles. The fourth-order valence-electron chi connectivity index (χ4n) is 3.34. The van der Waals surface area contributed by atoms with Crippen LogP contribution in [-0.2, 0) is 21.2 Å². The number of nitrogens with zero attached hydrogens (tertiary/aromatic N) is 4. The maximum atomic E-state index is 12.3. The molecule has 1 aromatic rings. The summed E-state index contributed by atoms with van der Waals surface area (Å²) in [5.41, 5.74) is 1.82. The highest BCUT2D eigenvalue weighted by Gasteiger charge is 2.37. The molecule has 0 radical (unpaired) electrons. The van der Waals surface area contributed by atoms with Gasteiger partial charge in [0.1, 0.15) is 11.6 Å². The van der Waals surface area contributed by atoms with E-state index in [1.54, 1.807) is 18.9 Å². The molecular weight excluding hydrogens is 316 g/mol. The van der Waals surface area contributed by atoms with Crippen LogP contribution in [0.4, 0.5) is 5.82 Å². The summed E-state index contributed by atoms with van der Waals surface area (Å²) in [6.07, 6.45) is 2.63. The summed E-state index contributed by atoms with van der Waals surface area (Å²) < 4.78 is 26.1. The fraction of sp³-hybridized carbons (Fsp3) is 0.667. The average molecular weight is 338 g/mol. The Morgan fingerprint density at radius 3 is 2.70 bits per heavy atom. The second kappa shape index (κ2) is 5.83. The number of carbonyl (C=O) groups excluding carboxylic acids is 1. The lowest BCUT2D eigenvalue weighted by molar-refractivity contribution is -0.118. The molecule has 8 heteroatoms. The minimum Gasteiger partial charge on any atom is -0.300 e. The molecule has 3 rings (SSSR count). The van der Waals surface area contributed by atoms with E-state index in [4.69, 9.17) is 0 Å². The second-order valence-corrected chi connectivity index (χ2v) is 8.30.